The lowest BCUT2D eigenvalue weighted by Gasteiger charge is -2.13. The van der Waals surface area contributed by atoms with Crippen molar-refractivity contribution in [1.29, 1.82) is 0 Å². The fraction of sp³-hybridized carbons (Fsp3) is 0.350. The Labute approximate surface area is 162 Å². The van der Waals surface area contributed by atoms with Crippen LogP contribution >= 0.6 is 11.8 Å². The van der Waals surface area contributed by atoms with E-state index in [9.17, 15) is 4.79 Å². The number of hydrogen-bond donors (Lipinski definition) is 2. The summed E-state index contributed by atoms with van der Waals surface area (Å²) in [5.74, 6) is 1.46. The first-order valence-electron chi connectivity index (χ1n) is 9.17. The highest BCUT2D eigenvalue weighted by atomic mass is 32.2. The lowest BCUT2D eigenvalue weighted by atomic mass is 10.1. The molecule has 1 aliphatic rings. The van der Waals surface area contributed by atoms with E-state index in [1.807, 2.05) is 12.1 Å². The van der Waals surface area contributed by atoms with E-state index < -0.39 is 0 Å². The minimum Gasteiger partial charge on any atom is -0.495 e. The highest BCUT2D eigenvalue weighted by Crippen LogP contribution is 2.41. The molecule has 0 amide bonds. The van der Waals surface area contributed by atoms with E-state index >= 15 is 0 Å². The van der Waals surface area contributed by atoms with Crippen molar-refractivity contribution in [1.82, 2.24) is 15.0 Å². The topological polar surface area (TPSA) is 79.9 Å². The van der Waals surface area contributed by atoms with Gasteiger partial charge in [-0.1, -0.05) is 32.0 Å². The molecule has 0 saturated carbocycles. The van der Waals surface area contributed by atoms with E-state index in [1.54, 1.807) is 13.4 Å². The summed E-state index contributed by atoms with van der Waals surface area (Å²) < 4.78 is 5.56. The molecule has 1 aromatic carbocycles. The van der Waals surface area contributed by atoms with Gasteiger partial charge >= 0.3 is 0 Å². The monoisotopic (exact) mass is 382 g/mol. The number of aromatic nitrogens is 3. The molecule has 0 saturated heterocycles. The molecule has 2 N–H and O–H groups in total. The van der Waals surface area contributed by atoms with Crippen molar-refractivity contribution in [2.45, 2.75) is 44.4 Å². The smallest absolute Gasteiger partial charge is 0.198 e. The normalized spacial score (nSPS) is 13.2. The minimum absolute atomic E-state index is 0.164. The number of methoxy groups -OCH3 is 1. The number of hydrogen-bond acceptors (Lipinski definition) is 6. The molecule has 7 heteroatoms. The summed E-state index contributed by atoms with van der Waals surface area (Å²) in [7, 11) is 1.64. The molecule has 0 atom stereocenters. The summed E-state index contributed by atoms with van der Waals surface area (Å²) in [5.41, 5.74) is 5.14. The summed E-state index contributed by atoms with van der Waals surface area (Å²) in [6.07, 6.45) is 4.98. The predicted molar refractivity (Wildman–Crippen MR) is 108 cm³/mol. The molecule has 0 radical (unpaired) electrons. The number of aryl methyl sites for hydroxylation is 2. The van der Waals surface area contributed by atoms with E-state index in [4.69, 9.17) is 4.74 Å². The minimum atomic E-state index is 0.164. The average Bonchev–Trinajstić information content (AvgIpc) is 3.20. The lowest BCUT2D eigenvalue weighted by molar-refractivity contribution is -0.110. The van der Waals surface area contributed by atoms with Gasteiger partial charge in [-0.05, 0) is 36.1 Å². The van der Waals surface area contributed by atoms with Crippen LogP contribution in [0.5, 0.6) is 5.75 Å². The first-order chi connectivity index (χ1) is 13.1. The van der Waals surface area contributed by atoms with Crippen LogP contribution in [-0.4, -0.2) is 27.2 Å². The number of H-pyrrole nitrogens is 1. The molecule has 0 bridgehead atoms. The van der Waals surface area contributed by atoms with E-state index in [2.05, 4.69) is 34.1 Å². The summed E-state index contributed by atoms with van der Waals surface area (Å²) in [4.78, 5) is 25.1. The van der Waals surface area contributed by atoms with E-state index in [-0.39, 0.29) is 5.12 Å². The number of nitrogens with zero attached hydrogens (tertiary/aromatic N) is 2. The Morgan fingerprint density at radius 2 is 2.15 bits per heavy atom. The summed E-state index contributed by atoms with van der Waals surface area (Å²) >= 11 is 1.28. The molecule has 0 spiro atoms. The SMILES string of the molecule is CCCc1[nH]c2ncnc(Nc3cc4c(cc3OC)CC(=O)S4)c2c1CC. The first-order valence-corrected chi connectivity index (χ1v) is 9.99. The van der Waals surface area contributed by atoms with Gasteiger partial charge in [0, 0.05) is 17.0 Å². The number of ether oxygens (including phenoxy) is 1. The number of carbonyl (C=O) groups excluding carboxylic acids is 1. The van der Waals surface area contributed by atoms with Gasteiger partial charge in [0.25, 0.3) is 0 Å². The number of benzene rings is 1. The van der Waals surface area contributed by atoms with Crippen molar-refractivity contribution in [2.24, 2.45) is 0 Å². The molecule has 2 aromatic heterocycles. The molecule has 0 unspecified atom stereocenters. The highest BCUT2D eigenvalue weighted by Gasteiger charge is 2.23. The number of nitrogens with one attached hydrogen (secondary N) is 2. The van der Waals surface area contributed by atoms with Crippen molar-refractivity contribution in [3.8, 4) is 5.75 Å². The molecular formula is C20H22N4O2S. The molecule has 6 nitrogen and oxygen atoms in total. The third-order valence-electron chi connectivity index (χ3n) is 4.83. The van der Waals surface area contributed by atoms with Gasteiger partial charge in [-0.2, -0.15) is 0 Å². The van der Waals surface area contributed by atoms with Crippen molar-refractivity contribution >= 4 is 39.4 Å². The quantitative estimate of drug-likeness (QED) is 0.658. The van der Waals surface area contributed by atoms with Gasteiger partial charge in [0.15, 0.2) is 5.12 Å². The third-order valence-corrected chi connectivity index (χ3v) is 5.80. The maximum Gasteiger partial charge on any atom is 0.198 e. The average molecular weight is 382 g/mol. The Balaban J connectivity index is 1.80. The van der Waals surface area contributed by atoms with E-state index in [0.29, 0.717) is 12.2 Å². The van der Waals surface area contributed by atoms with Crippen molar-refractivity contribution < 1.29 is 9.53 Å². The van der Waals surface area contributed by atoms with Crippen LogP contribution in [0.3, 0.4) is 0 Å². The van der Waals surface area contributed by atoms with Crippen molar-refractivity contribution in [2.75, 3.05) is 12.4 Å². The van der Waals surface area contributed by atoms with Crippen LogP contribution in [0.2, 0.25) is 0 Å². The van der Waals surface area contributed by atoms with Crippen LogP contribution in [-0.2, 0) is 24.1 Å². The van der Waals surface area contributed by atoms with Crippen LogP contribution < -0.4 is 10.1 Å². The van der Waals surface area contributed by atoms with E-state index in [0.717, 1.165) is 52.3 Å². The molecule has 0 fully saturated rings. The fourth-order valence-electron chi connectivity index (χ4n) is 3.63. The van der Waals surface area contributed by atoms with Crippen molar-refractivity contribution in [3.63, 3.8) is 0 Å². The van der Waals surface area contributed by atoms with Gasteiger partial charge in [-0.3, -0.25) is 4.79 Å². The van der Waals surface area contributed by atoms with E-state index in [1.165, 1.54) is 23.0 Å². The van der Waals surface area contributed by atoms with Gasteiger partial charge in [0.2, 0.25) is 0 Å². The molecule has 140 valence electrons. The Morgan fingerprint density at radius 1 is 1.30 bits per heavy atom. The standard InChI is InChI=1S/C20H22N4O2S/c1-4-6-13-12(5-2)18-19(23-13)21-10-22-20(18)24-14-9-16-11(7-15(14)26-3)8-17(25)27-16/h7,9-10H,4-6,8H2,1-3H3,(H2,21,22,23,24). The first kappa shape index (κ1) is 17.9. The number of aromatic amines is 1. The second-order valence-electron chi connectivity index (χ2n) is 6.57. The zero-order chi connectivity index (χ0) is 19.0. The second-order valence-corrected chi connectivity index (χ2v) is 7.67. The number of carbonyl (C=O) groups is 1. The number of fused-ring (bicyclic) bond motifs is 2. The zero-order valence-electron chi connectivity index (χ0n) is 15.7. The van der Waals surface area contributed by atoms with Crippen LogP contribution in [0, 0.1) is 0 Å². The summed E-state index contributed by atoms with van der Waals surface area (Å²) in [6.45, 7) is 4.32. The lowest BCUT2D eigenvalue weighted by Crippen LogP contribution is -2.00. The Hall–Kier alpha value is -2.54. The number of thioether (sulfide) groups is 1. The summed E-state index contributed by atoms with van der Waals surface area (Å²) in [6, 6.07) is 3.91. The molecule has 4 rings (SSSR count). The van der Waals surface area contributed by atoms with Crippen LogP contribution in [0.15, 0.2) is 23.4 Å². The van der Waals surface area contributed by atoms with Crippen LogP contribution in [0.25, 0.3) is 11.0 Å². The third kappa shape index (κ3) is 3.16. The Bertz CT molecular complexity index is 1030. The zero-order valence-corrected chi connectivity index (χ0v) is 16.5. The molecular weight excluding hydrogens is 360 g/mol. The van der Waals surface area contributed by atoms with Crippen LogP contribution in [0.1, 0.15) is 37.1 Å². The largest absolute Gasteiger partial charge is 0.495 e. The Morgan fingerprint density at radius 3 is 2.89 bits per heavy atom. The molecule has 0 aliphatic carbocycles. The second kappa shape index (κ2) is 7.23. The maximum absolute atomic E-state index is 11.8. The van der Waals surface area contributed by atoms with Crippen molar-refractivity contribution in [3.05, 3.63) is 35.3 Å². The predicted octanol–water partition coefficient (Wildman–Crippen LogP) is 4.40. The summed E-state index contributed by atoms with van der Waals surface area (Å²) in [5, 5.41) is 4.61. The van der Waals surface area contributed by atoms with Gasteiger partial charge in [0.1, 0.15) is 23.5 Å². The van der Waals surface area contributed by atoms with Gasteiger partial charge in [-0.15, -0.1) is 0 Å². The van der Waals surface area contributed by atoms with Crippen LogP contribution in [0.4, 0.5) is 11.5 Å². The number of rotatable bonds is 6. The molecule has 1 aliphatic heterocycles. The Kier molecular flexibility index (Phi) is 4.78. The highest BCUT2D eigenvalue weighted by molar-refractivity contribution is 8.14. The maximum atomic E-state index is 11.8. The van der Waals surface area contributed by atoms with Gasteiger partial charge < -0.3 is 15.0 Å². The molecule has 3 aromatic rings. The van der Waals surface area contributed by atoms with Gasteiger partial charge in [-0.25, -0.2) is 9.97 Å². The molecule has 27 heavy (non-hydrogen) atoms. The van der Waals surface area contributed by atoms with Gasteiger partial charge in [0.05, 0.1) is 18.2 Å². The molecule has 3 heterocycles. The fourth-order valence-corrected chi connectivity index (χ4v) is 4.54. The number of anilines is 2.